The summed E-state index contributed by atoms with van der Waals surface area (Å²) in [7, 11) is 3.46. The van der Waals surface area contributed by atoms with E-state index in [4.69, 9.17) is 14.5 Å². The number of nitrogens with zero attached hydrogens (tertiary/aromatic N) is 4. The summed E-state index contributed by atoms with van der Waals surface area (Å²) in [5.74, 6) is 0.575. The van der Waals surface area contributed by atoms with Gasteiger partial charge in [0.15, 0.2) is 5.96 Å². The summed E-state index contributed by atoms with van der Waals surface area (Å²) in [5.41, 5.74) is 2.55. The molecule has 7 nitrogen and oxygen atoms in total. The SMILES string of the molecule is CCNC(=NCc1ccc(F)c(COC)c1)N1CCOC(c2cnn(C)c2)C1. The number of hydrogen-bond acceptors (Lipinski definition) is 4. The maximum absolute atomic E-state index is 13.8. The van der Waals surface area contributed by atoms with E-state index >= 15 is 0 Å². The van der Waals surface area contributed by atoms with E-state index < -0.39 is 0 Å². The fraction of sp³-hybridized carbons (Fsp3) is 0.500. The minimum atomic E-state index is -0.256. The fourth-order valence-corrected chi connectivity index (χ4v) is 3.23. The van der Waals surface area contributed by atoms with E-state index in [1.807, 2.05) is 32.4 Å². The highest BCUT2D eigenvalue weighted by Crippen LogP contribution is 2.22. The third-order valence-electron chi connectivity index (χ3n) is 4.62. The third-order valence-corrected chi connectivity index (χ3v) is 4.62. The summed E-state index contributed by atoms with van der Waals surface area (Å²) in [6.45, 7) is 5.62. The highest BCUT2D eigenvalue weighted by Gasteiger charge is 2.25. The molecule has 28 heavy (non-hydrogen) atoms. The number of morpholine rings is 1. The summed E-state index contributed by atoms with van der Waals surface area (Å²) in [6, 6.07) is 5.04. The van der Waals surface area contributed by atoms with Gasteiger partial charge in [-0.15, -0.1) is 0 Å². The Morgan fingerprint density at radius 3 is 3.04 bits per heavy atom. The van der Waals surface area contributed by atoms with Gasteiger partial charge in [0, 0.05) is 44.6 Å². The van der Waals surface area contributed by atoms with Gasteiger partial charge in [-0.25, -0.2) is 9.38 Å². The molecule has 1 aliphatic heterocycles. The number of aromatic nitrogens is 2. The van der Waals surface area contributed by atoms with Crippen molar-refractivity contribution in [2.45, 2.75) is 26.2 Å². The van der Waals surface area contributed by atoms with E-state index in [2.05, 4.69) is 15.3 Å². The molecular weight excluding hydrogens is 361 g/mol. The molecule has 1 fully saturated rings. The summed E-state index contributed by atoms with van der Waals surface area (Å²) in [4.78, 5) is 6.96. The molecule has 152 valence electrons. The molecule has 0 bridgehead atoms. The van der Waals surface area contributed by atoms with Crippen molar-refractivity contribution >= 4 is 5.96 Å². The topological polar surface area (TPSA) is 63.9 Å². The Bertz CT molecular complexity index is 808. The van der Waals surface area contributed by atoms with Crippen LogP contribution in [0, 0.1) is 5.82 Å². The predicted octanol–water partition coefficient (Wildman–Crippen LogP) is 2.24. The Balaban J connectivity index is 1.72. The number of rotatable bonds is 6. The quantitative estimate of drug-likeness (QED) is 0.606. The monoisotopic (exact) mass is 389 g/mol. The van der Waals surface area contributed by atoms with Crippen molar-refractivity contribution in [3.8, 4) is 0 Å². The number of nitrogens with one attached hydrogen (secondary N) is 1. The Hall–Kier alpha value is -2.45. The highest BCUT2D eigenvalue weighted by atomic mass is 19.1. The molecule has 1 atom stereocenters. The molecule has 8 heteroatoms. The number of hydrogen-bond donors (Lipinski definition) is 1. The van der Waals surface area contributed by atoms with Gasteiger partial charge in [-0.1, -0.05) is 6.07 Å². The zero-order chi connectivity index (χ0) is 19.9. The predicted molar refractivity (Wildman–Crippen MR) is 105 cm³/mol. The number of halogens is 1. The minimum Gasteiger partial charge on any atom is -0.380 e. The molecule has 3 rings (SSSR count). The number of aliphatic imine (C=N–C) groups is 1. The van der Waals surface area contributed by atoms with E-state index in [1.54, 1.807) is 17.9 Å². The van der Waals surface area contributed by atoms with E-state index in [1.165, 1.54) is 6.07 Å². The normalized spacial score (nSPS) is 17.8. The highest BCUT2D eigenvalue weighted by molar-refractivity contribution is 5.80. The van der Waals surface area contributed by atoms with E-state index in [-0.39, 0.29) is 18.5 Å². The van der Waals surface area contributed by atoms with E-state index in [9.17, 15) is 4.39 Å². The lowest BCUT2D eigenvalue weighted by molar-refractivity contribution is -0.00805. The number of benzene rings is 1. The Labute approximate surface area is 165 Å². The van der Waals surface area contributed by atoms with Gasteiger partial charge in [-0.05, 0) is 24.6 Å². The van der Waals surface area contributed by atoms with Crippen LogP contribution in [0.4, 0.5) is 4.39 Å². The van der Waals surface area contributed by atoms with Crippen molar-refractivity contribution in [1.82, 2.24) is 20.0 Å². The van der Waals surface area contributed by atoms with Gasteiger partial charge in [0.25, 0.3) is 0 Å². The smallest absolute Gasteiger partial charge is 0.194 e. The summed E-state index contributed by atoms with van der Waals surface area (Å²) >= 11 is 0. The zero-order valence-corrected chi connectivity index (χ0v) is 16.7. The number of ether oxygens (including phenoxy) is 2. The first-order chi connectivity index (χ1) is 13.6. The van der Waals surface area contributed by atoms with Crippen molar-refractivity contribution in [2.75, 3.05) is 33.4 Å². The lowest BCUT2D eigenvalue weighted by atomic mass is 10.1. The molecule has 0 spiro atoms. The van der Waals surface area contributed by atoms with E-state index in [0.29, 0.717) is 25.3 Å². The van der Waals surface area contributed by atoms with Crippen molar-refractivity contribution in [3.63, 3.8) is 0 Å². The molecule has 1 N–H and O–H groups in total. The van der Waals surface area contributed by atoms with Crippen LogP contribution in [0.3, 0.4) is 0 Å². The fourth-order valence-electron chi connectivity index (χ4n) is 3.23. The second-order valence-corrected chi connectivity index (χ2v) is 6.78. The molecule has 1 aliphatic rings. The summed E-state index contributed by atoms with van der Waals surface area (Å²) in [6.07, 6.45) is 3.78. The first kappa shape index (κ1) is 20.3. The Morgan fingerprint density at radius 1 is 1.46 bits per heavy atom. The second kappa shape index (κ2) is 9.66. The maximum Gasteiger partial charge on any atom is 0.194 e. The average molecular weight is 389 g/mol. The molecule has 2 heterocycles. The van der Waals surface area contributed by atoms with Crippen LogP contribution >= 0.6 is 0 Å². The summed E-state index contributed by atoms with van der Waals surface area (Å²) in [5, 5.41) is 7.59. The Kier molecular flexibility index (Phi) is 7.00. The molecule has 0 amide bonds. The lowest BCUT2D eigenvalue weighted by Gasteiger charge is -2.34. The Morgan fingerprint density at radius 2 is 2.32 bits per heavy atom. The van der Waals surface area contributed by atoms with Crippen molar-refractivity contribution < 1.29 is 13.9 Å². The van der Waals surface area contributed by atoms with Crippen molar-refractivity contribution in [1.29, 1.82) is 0 Å². The van der Waals surface area contributed by atoms with Crippen LogP contribution in [0.15, 0.2) is 35.6 Å². The van der Waals surface area contributed by atoms with Crippen LogP contribution < -0.4 is 5.32 Å². The molecule has 1 unspecified atom stereocenters. The number of guanidine groups is 1. The summed E-state index contributed by atoms with van der Waals surface area (Å²) < 4.78 is 26.6. The number of methoxy groups -OCH3 is 1. The lowest BCUT2D eigenvalue weighted by Crippen LogP contribution is -2.48. The van der Waals surface area contributed by atoms with Gasteiger partial charge < -0.3 is 19.7 Å². The minimum absolute atomic E-state index is 0.0366. The number of aryl methyl sites for hydroxylation is 1. The van der Waals surface area contributed by atoms with Crippen molar-refractivity contribution in [3.05, 3.63) is 53.1 Å². The zero-order valence-electron chi connectivity index (χ0n) is 16.7. The van der Waals surface area contributed by atoms with Gasteiger partial charge in [0.2, 0.25) is 0 Å². The van der Waals surface area contributed by atoms with Gasteiger partial charge in [-0.2, -0.15) is 5.10 Å². The van der Waals surface area contributed by atoms with Crippen molar-refractivity contribution in [2.24, 2.45) is 12.0 Å². The van der Waals surface area contributed by atoms with Crippen LogP contribution in [0.2, 0.25) is 0 Å². The van der Waals surface area contributed by atoms with Crippen LogP contribution in [0.5, 0.6) is 0 Å². The van der Waals surface area contributed by atoms with Crippen LogP contribution in [0.1, 0.15) is 29.7 Å². The van der Waals surface area contributed by atoms with Crippen LogP contribution in [0.25, 0.3) is 0 Å². The third kappa shape index (κ3) is 5.08. The molecule has 1 aromatic heterocycles. The van der Waals surface area contributed by atoms with Gasteiger partial charge in [0.05, 0.1) is 32.5 Å². The molecule has 1 aromatic carbocycles. The second-order valence-electron chi connectivity index (χ2n) is 6.78. The first-order valence-corrected chi connectivity index (χ1v) is 9.50. The maximum atomic E-state index is 13.8. The molecule has 0 saturated carbocycles. The largest absolute Gasteiger partial charge is 0.380 e. The molecule has 2 aromatic rings. The molecule has 0 radical (unpaired) electrons. The van der Waals surface area contributed by atoms with Gasteiger partial charge in [0.1, 0.15) is 11.9 Å². The first-order valence-electron chi connectivity index (χ1n) is 9.50. The molecular formula is C20H28FN5O2. The molecule has 0 aliphatic carbocycles. The average Bonchev–Trinajstić information content (AvgIpc) is 3.14. The molecule has 1 saturated heterocycles. The van der Waals surface area contributed by atoms with Gasteiger partial charge >= 0.3 is 0 Å². The van der Waals surface area contributed by atoms with Crippen LogP contribution in [-0.4, -0.2) is 54.0 Å². The van der Waals surface area contributed by atoms with Crippen LogP contribution in [-0.2, 0) is 29.7 Å². The standard InChI is InChI=1S/C20H28FN5O2/c1-4-22-20(23-10-15-5-6-18(21)16(9-15)14-27-3)26-7-8-28-19(13-26)17-11-24-25(2)12-17/h5-6,9,11-12,19H,4,7-8,10,13-14H2,1-3H3,(H,22,23). The van der Waals surface area contributed by atoms with E-state index in [0.717, 1.165) is 30.2 Å². The van der Waals surface area contributed by atoms with Gasteiger partial charge in [-0.3, -0.25) is 4.68 Å².